The molecule has 0 aliphatic carbocycles. The summed E-state index contributed by atoms with van der Waals surface area (Å²) in [5.41, 5.74) is 6.31. The van der Waals surface area contributed by atoms with Gasteiger partial charge < -0.3 is 35.7 Å². The number of nitrogens with one attached hydrogen (secondary N) is 2. The molecular formula is C22H23N3O7. The van der Waals surface area contributed by atoms with E-state index < -0.39 is 17.8 Å². The van der Waals surface area contributed by atoms with Gasteiger partial charge in [0.05, 0.1) is 18.5 Å². The van der Waals surface area contributed by atoms with Crippen molar-refractivity contribution in [1.29, 1.82) is 0 Å². The Morgan fingerprint density at radius 2 is 1.88 bits per heavy atom. The molecule has 3 aromatic rings. The van der Waals surface area contributed by atoms with E-state index in [1.54, 1.807) is 12.1 Å². The number of amides is 2. The van der Waals surface area contributed by atoms with Crippen LogP contribution in [0.1, 0.15) is 32.9 Å². The van der Waals surface area contributed by atoms with Crippen molar-refractivity contribution in [2.75, 3.05) is 19.7 Å². The van der Waals surface area contributed by atoms with Crippen molar-refractivity contribution >= 4 is 28.8 Å². The fraction of sp³-hybridized carbons (Fsp3) is 0.227. The number of carboxylic acids is 1. The first-order valence-electron chi connectivity index (χ1n) is 9.83. The topological polar surface area (TPSA) is 164 Å². The van der Waals surface area contributed by atoms with E-state index in [1.807, 2.05) is 12.1 Å². The number of nitrogens with two attached hydrogens (primary N) is 1. The SMILES string of the molecule is NC(=O)c1ccc(OCCNC(=O)c2oc3ccccc3c2CNCCC(=O)O)cc1O. The molecular weight excluding hydrogens is 418 g/mol. The van der Waals surface area contributed by atoms with E-state index in [1.165, 1.54) is 18.2 Å². The van der Waals surface area contributed by atoms with E-state index in [-0.39, 0.29) is 49.7 Å². The lowest BCUT2D eigenvalue weighted by molar-refractivity contribution is -0.136. The lowest BCUT2D eigenvalue weighted by Crippen LogP contribution is -2.29. The van der Waals surface area contributed by atoms with E-state index in [4.69, 9.17) is 20.0 Å². The zero-order valence-corrected chi connectivity index (χ0v) is 17.1. The maximum atomic E-state index is 12.7. The molecule has 0 fully saturated rings. The highest BCUT2D eigenvalue weighted by atomic mass is 16.5. The number of carboxylic acid groups (broad SMARTS) is 1. The normalized spacial score (nSPS) is 10.8. The maximum Gasteiger partial charge on any atom is 0.304 e. The standard InChI is InChI=1S/C22H23N3O7/c23-21(29)15-6-5-13(11-17(15)26)31-10-9-25-22(30)20-16(12-24-8-7-19(27)28)14-3-1-2-4-18(14)32-20/h1-6,11,24,26H,7-10,12H2,(H2,23,29)(H,25,30)(H,27,28). The van der Waals surface area contributed by atoms with Crippen LogP contribution >= 0.6 is 0 Å². The Labute approximate surface area is 183 Å². The second-order valence-corrected chi connectivity index (χ2v) is 6.87. The van der Waals surface area contributed by atoms with Crippen molar-refractivity contribution < 1.29 is 33.8 Å². The van der Waals surface area contributed by atoms with Crippen LogP contribution in [0.4, 0.5) is 0 Å². The number of primary amides is 1. The van der Waals surface area contributed by atoms with Crippen LogP contribution in [-0.4, -0.2) is 47.7 Å². The summed E-state index contributed by atoms with van der Waals surface area (Å²) in [6, 6.07) is 11.3. The molecule has 1 aromatic heterocycles. The molecule has 3 rings (SSSR count). The van der Waals surface area contributed by atoms with Gasteiger partial charge in [-0.2, -0.15) is 0 Å². The molecule has 6 N–H and O–H groups in total. The Hall–Kier alpha value is -4.05. The van der Waals surface area contributed by atoms with Gasteiger partial charge in [-0.05, 0) is 18.2 Å². The molecule has 0 saturated carbocycles. The third-order valence-corrected chi connectivity index (χ3v) is 4.61. The summed E-state index contributed by atoms with van der Waals surface area (Å²) in [7, 11) is 0. The van der Waals surface area contributed by atoms with Gasteiger partial charge in [0, 0.05) is 30.1 Å². The Kier molecular flexibility index (Phi) is 7.29. The van der Waals surface area contributed by atoms with Crippen LogP contribution in [0.5, 0.6) is 11.5 Å². The zero-order valence-electron chi connectivity index (χ0n) is 17.1. The predicted molar refractivity (Wildman–Crippen MR) is 115 cm³/mol. The molecule has 2 aromatic carbocycles. The van der Waals surface area contributed by atoms with Gasteiger partial charge in [-0.1, -0.05) is 18.2 Å². The van der Waals surface area contributed by atoms with Crippen LogP contribution in [0.15, 0.2) is 46.9 Å². The largest absolute Gasteiger partial charge is 0.507 e. The van der Waals surface area contributed by atoms with Gasteiger partial charge in [0.2, 0.25) is 0 Å². The highest BCUT2D eigenvalue weighted by Crippen LogP contribution is 2.26. The first-order valence-corrected chi connectivity index (χ1v) is 9.83. The number of furan rings is 1. The fourth-order valence-electron chi connectivity index (χ4n) is 3.09. The number of phenols is 1. The lowest BCUT2D eigenvalue weighted by atomic mass is 10.1. The van der Waals surface area contributed by atoms with Gasteiger partial charge in [0.25, 0.3) is 11.8 Å². The minimum atomic E-state index is -0.912. The van der Waals surface area contributed by atoms with Gasteiger partial charge in [-0.3, -0.25) is 14.4 Å². The van der Waals surface area contributed by atoms with Crippen molar-refractivity contribution in [2.24, 2.45) is 5.73 Å². The number of aliphatic carboxylic acids is 1. The minimum Gasteiger partial charge on any atom is -0.507 e. The van der Waals surface area contributed by atoms with Crippen LogP contribution in [-0.2, 0) is 11.3 Å². The van der Waals surface area contributed by atoms with Gasteiger partial charge in [0.15, 0.2) is 5.76 Å². The van der Waals surface area contributed by atoms with Gasteiger partial charge in [-0.25, -0.2) is 0 Å². The number of carbonyl (C=O) groups excluding carboxylic acids is 2. The highest BCUT2D eigenvalue weighted by Gasteiger charge is 2.20. The monoisotopic (exact) mass is 441 g/mol. The molecule has 10 nitrogen and oxygen atoms in total. The molecule has 32 heavy (non-hydrogen) atoms. The second-order valence-electron chi connectivity index (χ2n) is 6.87. The fourth-order valence-corrected chi connectivity index (χ4v) is 3.09. The van der Waals surface area contributed by atoms with Crippen LogP contribution in [0.3, 0.4) is 0 Å². The number of hydrogen-bond acceptors (Lipinski definition) is 7. The quantitative estimate of drug-likeness (QED) is 0.280. The highest BCUT2D eigenvalue weighted by molar-refractivity contribution is 5.99. The molecule has 0 unspecified atom stereocenters. The van der Waals surface area contributed by atoms with Crippen LogP contribution < -0.4 is 21.1 Å². The summed E-state index contributed by atoms with van der Waals surface area (Å²) in [6.45, 7) is 0.785. The smallest absolute Gasteiger partial charge is 0.304 e. The molecule has 0 bridgehead atoms. The average Bonchev–Trinajstić information content (AvgIpc) is 3.12. The zero-order chi connectivity index (χ0) is 23.1. The summed E-state index contributed by atoms with van der Waals surface area (Å²) in [5.74, 6) is -1.94. The Morgan fingerprint density at radius 1 is 1.09 bits per heavy atom. The van der Waals surface area contributed by atoms with Crippen LogP contribution in [0, 0.1) is 0 Å². The first kappa shape index (κ1) is 22.6. The first-order chi connectivity index (χ1) is 15.4. The molecule has 2 amide bonds. The van der Waals surface area contributed by atoms with E-state index in [2.05, 4.69) is 10.6 Å². The summed E-state index contributed by atoms with van der Waals surface area (Å²) >= 11 is 0. The summed E-state index contributed by atoms with van der Waals surface area (Å²) in [5, 5.41) is 25.0. The lowest BCUT2D eigenvalue weighted by Gasteiger charge is -2.09. The molecule has 0 atom stereocenters. The number of aromatic hydroxyl groups is 1. The van der Waals surface area contributed by atoms with E-state index in [9.17, 15) is 19.5 Å². The molecule has 168 valence electrons. The summed E-state index contributed by atoms with van der Waals surface area (Å²) in [4.78, 5) is 34.5. The van der Waals surface area contributed by atoms with Crippen molar-refractivity contribution in [3.63, 3.8) is 0 Å². The molecule has 0 radical (unpaired) electrons. The number of carbonyl (C=O) groups is 3. The Morgan fingerprint density at radius 3 is 2.59 bits per heavy atom. The van der Waals surface area contributed by atoms with Gasteiger partial charge in [0.1, 0.15) is 23.7 Å². The maximum absolute atomic E-state index is 12.7. The van der Waals surface area contributed by atoms with Crippen molar-refractivity contribution in [1.82, 2.24) is 10.6 Å². The second kappa shape index (κ2) is 10.3. The Balaban J connectivity index is 1.60. The van der Waals surface area contributed by atoms with Crippen molar-refractivity contribution in [3.05, 3.63) is 59.4 Å². The number of ether oxygens (including phenoxy) is 1. The van der Waals surface area contributed by atoms with Gasteiger partial charge >= 0.3 is 5.97 Å². The van der Waals surface area contributed by atoms with E-state index in [0.29, 0.717) is 16.9 Å². The van der Waals surface area contributed by atoms with Crippen molar-refractivity contribution in [3.8, 4) is 11.5 Å². The number of fused-ring (bicyclic) bond motifs is 1. The van der Waals surface area contributed by atoms with Gasteiger partial charge in [-0.15, -0.1) is 0 Å². The number of benzene rings is 2. The third kappa shape index (κ3) is 5.55. The van der Waals surface area contributed by atoms with Crippen LogP contribution in [0.2, 0.25) is 0 Å². The minimum absolute atomic E-state index is 0.0139. The summed E-state index contributed by atoms with van der Waals surface area (Å²) < 4.78 is 11.2. The third-order valence-electron chi connectivity index (χ3n) is 4.61. The average molecular weight is 441 g/mol. The van der Waals surface area contributed by atoms with E-state index >= 15 is 0 Å². The molecule has 1 heterocycles. The number of hydrogen-bond donors (Lipinski definition) is 5. The van der Waals surface area contributed by atoms with Crippen LogP contribution in [0.25, 0.3) is 11.0 Å². The van der Waals surface area contributed by atoms with Crippen molar-refractivity contribution in [2.45, 2.75) is 13.0 Å². The predicted octanol–water partition coefficient (Wildman–Crippen LogP) is 1.61. The number of rotatable bonds is 11. The molecule has 0 aliphatic heterocycles. The summed E-state index contributed by atoms with van der Waals surface area (Å²) in [6.07, 6.45) is -0.0371. The molecule has 10 heteroatoms. The molecule has 0 aliphatic rings. The number of para-hydroxylation sites is 1. The Bertz CT molecular complexity index is 1140. The van der Waals surface area contributed by atoms with E-state index in [0.717, 1.165) is 5.39 Å². The molecule has 0 spiro atoms. The molecule has 0 saturated heterocycles.